The Morgan fingerprint density at radius 1 is 1.04 bits per heavy atom. The number of pyridine rings is 1. The lowest BCUT2D eigenvalue weighted by atomic mass is 10.2. The molecule has 0 radical (unpaired) electrons. The van der Waals surface area contributed by atoms with Gasteiger partial charge in [0, 0.05) is 35.3 Å². The van der Waals surface area contributed by atoms with Gasteiger partial charge in [0.05, 0.1) is 10.4 Å². The van der Waals surface area contributed by atoms with Crippen LogP contribution in [-0.4, -0.2) is 25.8 Å². The van der Waals surface area contributed by atoms with Gasteiger partial charge in [-0.1, -0.05) is 36.4 Å². The topological polar surface area (TPSA) is 33.2 Å². The van der Waals surface area contributed by atoms with Gasteiger partial charge in [0.2, 0.25) is 0 Å². The van der Waals surface area contributed by atoms with E-state index in [1.54, 1.807) is 6.20 Å². The Labute approximate surface area is 142 Å². The van der Waals surface area contributed by atoms with E-state index in [1.165, 1.54) is 10.5 Å². The first-order chi connectivity index (χ1) is 11.3. The maximum absolute atomic E-state index is 13.2. The zero-order valence-electron chi connectivity index (χ0n) is 12.5. The van der Waals surface area contributed by atoms with Crippen molar-refractivity contribution >= 4 is 33.7 Å². The molecule has 116 valence electrons. The van der Waals surface area contributed by atoms with Gasteiger partial charge in [0.25, 0.3) is 0 Å². The van der Waals surface area contributed by atoms with Crippen molar-refractivity contribution in [3.05, 3.63) is 66.4 Å². The molecule has 1 aliphatic heterocycles. The molecule has 0 saturated heterocycles. The van der Waals surface area contributed by atoms with Gasteiger partial charge in [0.15, 0.2) is 0 Å². The third kappa shape index (κ3) is 2.92. The number of aromatic nitrogens is 1. The predicted molar refractivity (Wildman–Crippen MR) is 95.7 cm³/mol. The van der Waals surface area contributed by atoms with Crippen molar-refractivity contribution in [2.75, 3.05) is 12.3 Å². The molecule has 0 amide bonds. The summed E-state index contributed by atoms with van der Waals surface area (Å²) in [4.78, 5) is 6.53. The fraction of sp³-hybridized carbons (Fsp3) is 0.167. The number of nitrogens with zero attached hydrogens (tertiary/aromatic N) is 2. The minimum atomic E-state index is -1.21. The molecule has 3 aromatic rings. The summed E-state index contributed by atoms with van der Waals surface area (Å²) in [6.45, 7) is 1.51. The summed E-state index contributed by atoms with van der Waals surface area (Å²) in [6.07, 6.45) is 1.76. The van der Waals surface area contributed by atoms with Gasteiger partial charge in [-0.3, -0.25) is 4.98 Å². The maximum atomic E-state index is 13.2. The van der Waals surface area contributed by atoms with E-state index in [9.17, 15) is 4.21 Å². The standard InChI is InChI=1S/C18H16N2OS2/c21-23(17-9-3-6-14-7-4-10-19-18(14)17)20-11-12-22-16-8-2-1-5-15(16)13-20/h1-10H,11-13H2. The molecule has 2 heterocycles. The molecule has 2 aromatic carbocycles. The molecule has 4 rings (SSSR count). The van der Waals surface area contributed by atoms with Crippen LogP contribution >= 0.6 is 11.8 Å². The van der Waals surface area contributed by atoms with Gasteiger partial charge in [-0.2, -0.15) is 0 Å². The Hall–Kier alpha value is -1.69. The normalized spacial score (nSPS) is 16.7. The van der Waals surface area contributed by atoms with Crippen molar-refractivity contribution in [1.29, 1.82) is 0 Å². The van der Waals surface area contributed by atoms with Gasteiger partial charge in [-0.25, -0.2) is 8.51 Å². The fourth-order valence-electron chi connectivity index (χ4n) is 2.80. The molecular weight excluding hydrogens is 324 g/mol. The quantitative estimate of drug-likeness (QED) is 0.710. The highest BCUT2D eigenvalue weighted by Gasteiger charge is 2.21. The molecule has 1 aliphatic rings. The van der Waals surface area contributed by atoms with E-state index >= 15 is 0 Å². The molecule has 0 N–H and O–H groups in total. The molecule has 3 nitrogen and oxygen atoms in total. The fourth-order valence-corrected chi connectivity index (χ4v) is 5.26. The lowest BCUT2D eigenvalue weighted by molar-refractivity contribution is 0.466. The molecule has 1 atom stereocenters. The lowest BCUT2D eigenvalue weighted by Crippen LogP contribution is -2.27. The second-order valence-corrected chi connectivity index (χ2v) is 7.99. The molecule has 0 bridgehead atoms. The van der Waals surface area contributed by atoms with Crippen molar-refractivity contribution in [2.24, 2.45) is 0 Å². The second-order valence-electron chi connectivity index (χ2n) is 5.40. The van der Waals surface area contributed by atoms with E-state index in [4.69, 9.17) is 0 Å². The Balaban J connectivity index is 1.71. The average Bonchev–Trinajstić information content (AvgIpc) is 2.83. The molecule has 1 unspecified atom stereocenters. The highest BCUT2D eigenvalue weighted by molar-refractivity contribution is 7.99. The predicted octanol–water partition coefficient (Wildman–Crippen LogP) is 3.87. The molecular formula is C18H16N2OS2. The van der Waals surface area contributed by atoms with Crippen LogP contribution in [0.4, 0.5) is 0 Å². The summed E-state index contributed by atoms with van der Waals surface area (Å²) in [5.74, 6) is 0.945. The number of rotatable bonds is 2. The van der Waals surface area contributed by atoms with Crippen LogP contribution in [0.5, 0.6) is 0 Å². The van der Waals surface area contributed by atoms with E-state index in [1.807, 2.05) is 52.5 Å². The highest BCUT2D eigenvalue weighted by Crippen LogP contribution is 2.30. The number of hydrogen-bond donors (Lipinski definition) is 0. The molecule has 5 heteroatoms. The summed E-state index contributed by atoms with van der Waals surface area (Å²) in [5, 5.41) is 1.03. The van der Waals surface area contributed by atoms with Crippen LogP contribution in [0, 0.1) is 0 Å². The van der Waals surface area contributed by atoms with E-state index in [2.05, 4.69) is 23.2 Å². The van der Waals surface area contributed by atoms with E-state index < -0.39 is 11.0 Å². The number of thioether (sulfide) groups is 1. The SMILES string of the molecule is O=S(c1cccc2cccnc12)N1CCSc2ccccc2C1. The Morgan fingerprint density at radius 3 is 2.87 bits per heavy atom. The first kappa shape index (κ1) is 14.9. The summed E-state index contributed by atoms with van der Waals surface area (Å²) in [5.41, 5.74) is 2.08. The molecule has 0 aliphatic carbocycles. The number of para-hydroxylation sites is 1. The minimum absolute atomic E-state index is 0.707. The Kier molecular flexibility index (Phi) is 4.16. The number of hydrogen-bond acceptors (Lipinski definition) is 3. The summed E-state index contributed by atoms with van der Waals surface area (Å²) >= 11 is 1.84. The van der Waals surface area contributed by atoms with Gasteiger partial charge in [-0.05, 0) is 23.8 Å². The van der Waals surface area contributed by atoms with Gasteiger partial charge >= 0.3 is 0 Å². The summed E-state index contributed by atoms with van der Waals surface area (Å²) < 4.78 is 15.2. The molecule has 1 aromatic heterocycles. The van der Waals surface area contributed by atoms with Crippen molar-refractivity contribution in [3.8, 4) is 0 Å². The monoisotopic (exact) mass is 340 g/mol. The molecule has 23 heavy (non-hydrogen) atoms. The third-order valence-corrected chi connectivity index (χ3v) is 6.52. The van der Waals surface area contributed by atoms with Crippen LogP contribution in [0.2, 0.25) is 0 Å². The zero-order valence-corrected chi connectivity index (χ0v) is 14.1. The van der Waals surface area contributed by atoms with Crippen molar-refractivity contribution in [2.45, 2.75) is 16.3 Å². The summed E-state index contributed by atoms with van der Waals surface area (Å²) in [6, 6.07) is 18.2. The minimum Gasteiger partial charge on any atom is -0.255 e. The smallest absolute Gasteiger partial charge is 0.130 e. The maximum Gasteiger partial charge on any atom is 0.130 e. The van der Waals surface area contributed by atoms with Gasteiger partial charge in [-0.15, -0.1) is 11.8 Å². The third-order valence-electron chi connectivity index (χ3n) is 3.94. The van der Waals surface area contributed by atoms with E-state index in [-0.39, 0.29) is 0 Å². The van der Waals surface area contributed by atoms with Crippen LogP contribution in [-0.2, 0) is 17.5 Å². The largest absolute Gasteiger partial charge is 0.255 e. The van der Waals surface area contributed by atoms with Crippen LogP contribution in [0.1, 0.15) is 5.56 Å². The lowest BCUT2D eigenvalue weighted by Gasteiger charge is -2.19. The van der Waals surface area contributed by atoms with Crippen LogP contribution < -0.4 is 0 Å². The summed E-state index contributed by atoms with van der Waals surface area (Å²) in [7, 11) is -1.21. The average molecular weight is 340 g/mol. The molecule has 0 fully saturated rings. The van der Waals surface area contributed by atoms with Crippen LogP contribution in [0.25, 0.3) is 10.9 Å². The first-order valence-corrected chi connectivity index (χ1v) is 9.63. The second kappa shape index (κ2) is 6.43. The van der Waals surface area contributed by atoms with Crippen molar-refractivity contribution in [1.82, 2.24) is 9.29 Å². The number of fused-ring (bicyclic) bond motifs is 2. The highest BCUT2D eigenvalue weighted by atomic mass is 32.2. The van der Waals surface area contributed by atoms with Gasteiger partial charge < -0.3 is 0 Å². The van der Waals surface area contributed by atoms with Crippen LogP contribution in [0.15, 0.2) is 70.6 Å². The van der Waals surface area contributed by atoms with Crippen LogP contribution in [0.3, 0.4) is 0 Å². The van der Waals surface area contributed by atoms with Gasteiger partial charge in [0.1, 0.15) is 11.0 Å². The Bertz CT molecular complexity index is 876. The molecule has 0 spiro atoms. The first-order valence-electron chi connectivity index (χ1n) is 7.54. The van der Waals surface area contributed by atoms with E-state index in [0.717, 1.165) is 28.1 Å². The zero-order chi connectivity index (χ0) is 15.6. The van der Waals surface area contributed by atoms with Crippen molar-refractivity contribution in [3.63, 3.8) is 0 Å². The molecule has 0 saturated carbocycles. The number of benzene rings is 2. The Morgan fingerprint density at radius 2 is 1.91 bits per heavy atom. The van der Waals surface area contributed by atoms with E-state index in [0.29, 0.717) is 6.54 Å². The van der Waals surface area contributed by atoms with Crippen molar-refractivity contribution < 1.29 is 4.21 Å².